The number of hydrogen-bond acceptors (Lipinski definition) is 7. The van der Waals surface area contributed by atoms with Crippen molar-refractivity contribution in [3.63, 3.8) is 0 Å². The highest BCUT2D eigenvalue weighted by Crippen LogP contribution is 2.34. The predicted molar refractivity (Wildman–Crippen MR) is 134 cm³/mol. The third-order valence-corrected chi connectivity index (χ3v) is 7.82. The molecule has 0 radical (unpaired) electrons. The largest absolute Gasteiger partial charge is 0.445 e. The van der Waals surface area contributed by atoms with Crippen molar-refractivity contribution in [1.29, 1.82) is 0 Å². The Kier molecular flexibility index (Phi) is 6.78. The summed E-state index contributed by atoms with van der Waals surface area (Å²) in [6.07, 6.45) is 1.53. The summed E-state index contributed by atoms with van der Waals surface area (Å²) >= 11 is 7.67. The molecule has 0 aliphatic carbocycles. The fourth-order valence-electron chi connectivity index (χ4n) is 4.19. The molecule has 9 heteroatoms. The molecule has 7 nitrogen and oxygen atoms in total. The Balaban J connectivity index is 1.12. The highest BCUT2D eigenvalue weighted by atomic mass is 35.5. The molecule has 2 aromatic carbocycles. The molecule has 1 amide bonds. The average Bonchev–Trinajstić information content (AvgIpc) is 3.48. The Morgan fingerprint density at radius 3 is 2.79 bits per heavy atom. The third kappa shape index (κ3) is 5.23. The summed E-state index contributed by atoms with van der Waals surface area (Å²) in [5, 5.41) is 13.6. The lowest BCUT2D eigenvalue weighted by Gasteiger charge is -2.30. The summed E-state index contributed by atoms with van der Waals surface area (Å²) in [5.41, 5.74) is 5.15. The number of benzene rings is 2. The number of carbonyl (C=O) groups is 1. The Morgan fingerprint density at radius 1 is 1.21 bits per heavy atom. The van der Waals surface area contributed by atoms with Gasteiger partial charge in [0.1, 0.15) is 6.61 Å². The van der Waals surface area contributed by atoms with E-state index in [1.54, 1.807) is 28.4 Å². The zero-order chi connectivity index (χ0) is 23.5. The highest BCUT2D eigenvalue weighted by molar-refractivity contribution is 7.11. The van der Waals surface area contributed by atoms with E-state index in [0.29, 0.717) is 30.6 Å². The number of hydrogen-bond donors (Lipinski definition) is 1. The summed E-state index contributed by atoms with van der Waals surface area (Å²) in [4.78, 5) is 20.4. The van der Waals surface area contributed by atoms with Gasteiger partial charge in [0, 0.05) is 40.2 Å². The maximum Gasteiger partial charge on any atom is 0.410 e. The lowest BCUT2D eigenvalue weighted by molar-refractivity contribution is 0.0870. The van der Waals surface area contributed by atoms with Crippen LogP contribution in [0.4, 0.5) is 16.2 Å². The standard InChI is InChI=1S/C25H26ClN5O2S/c1-16-23(14-27-21-7-4-19-13-28-30-22(19)12-21)34-24(29-16)18-8-10-31(11-9-18)25(32)33-15-17-2-5-20(26)6-3-17/h2-7,12,18,27H,8-11,13-15H2,1H3. The second kappa shape index (κ2) is 10.1. The number of aryl methyl sites for hydroxylation is 1. The van der Waals surface area contributed by atoms with Gasteiger partial charge in [0.2, 0.25) is 0 Å². The summed E-state index contributed by atoms with van der Waals surface area (Å²) in [6.45, 7) is 5.09. The van der Waals surface area contributed by atoms with Crippen molar-refractivity contribution >= 4 is 40.4 Å². The lowest BCUT2D eigenvalue weighted by atomic mass is 9.98. The number of nitrogens with one attached hydrogen (secondary N) is 1. The predicted octanol–water partition coefficient (Wildman–Crippen LogP) is 6.83. The van der Waals surface area contributed by atoms with Gasteiger partial charge in [0.15, 0.2) is 0 Å². The number of nitrogens with zero attached hydrogens (tertiary/aromatic N) is 4. The second-order valence-electron chi connectivity index (χ2n) is 8.60. The van der Waals surface area contributed by atoms with Gasteiger partial charge in [-0.05, 0) is 49.6 Å². The van der Waals surface area contributed by atoms with E-state index in [1.807, 2.05) is 18.2 Å². The van der Waals surface area contributed by atoms with Crippen LogP contribution < -0.4 is 5.32 Å². The molecular weight excluding hydrogens is 470 g/mol. The van der Waals surface area contributed by atoms with E-state index in [1.165, 1.54) is 10.4 Å². The summed E-state index contributed by atoms with van der Waals surface area (Å²) in [5.74, 6) is 0.373. The normalized spacial score (nSPS) is 15.4. The molecule has 2 aliphatic rings. The number of aromatic nitrogens is 1. The summed E-state index contributed by atoms with van der Waals surface area (Å²) in [7, 11) is 0. The molecule has 1 fully saturated rings. The van der Waals surface area contributed by atoms with Gasteiger partial charge in [0.05, 0.1) is 29.5 Å². The first-order valence-corrected chi connectivity index (χ1v) is 12.6. The minimum Gasteiger partial charge on any atom is -0.445 e. The first-order chi connectivity index (χ1) is 16.5. The Bertz CT molecular complexity index is 1200. The number of carbonyl (C=O) groups excluding carboxylic acids is 1. The highest BCUT2D eigenvalue weighted by Gasteiger charge is 2.27. The number of amides is 1. The Hall–Kier alpha value is -2.97. The van der Waals surface area contributed by atoms with Gasteiger partial charge in [-0.1, -0.05) is 29.8 Å². The first-order valence-electron chi connectivity index (χ1n) is 11.4. The average molecular weight is 496 g/mol. The number of likely N-dealkylation sites (tertiary alicyclic amines) is 1. The molecule has 1 aromatic heterocycles. The molecule has 3 heterocycles. The molecule has 34 heavy (non-hydrogen) atoms. The number of fused-ring (bicyclic) bond motifs is 1. The molecule has 1 saturated heterocycles. The second-order valence-corrected chi connectivity index (χ2v) is 10.2. The number of piperidine rings is 1. The van der Waals surface area contributed by atoms with E-state index in [0.717, 1.165) is 47.0 Å². The van der Waals surface area contributed by atoms with Crippen LogP contribution in [0.25, 0.3) is 0 Å². The van der Waals surface area contributed by atoms with E-state index in [-0.39, 0.29) is 12.7 Å². The minimum atomic E-state index is -0.262. The van der Waals surface area contributed by atoms with Crippen molar-refractivity contribution in [2.45, 2.75) is 45.4 Å². The zero-order valence-corrected chi connectivity index (χ0v) is 20.5. The molecule has 176 valence electrons. The van der Waals surface area contributed by atoms with Crippen molar-refractivity contribution in [2.24, 2.45) is 10.2 Å². The third-order valence-electron chi connectivity index (χ3n) is 6.25. The van der Waals surface area contributed by atoms with Crippen molar-refractivity contribution in [2.75, 3.05) is 18.4 Å². The number of thiazole rings is 1. The van der Waals surface area contributed by atoms with Crippen molar-refractivity contribution < 1.29 is 9.53 Å². The molecule has 0 spiro atoms. The van der Waals surface area contributed by atoms with Crippen LogP contribution in [0.5, 0.6) is 0 Å². The number of rotatable bonds is 6. The van der Waals surface area contributed by atoms with Crippen LogP contribution >= 0.6 is 22.9 Å². The Morgan fingerprint density at radius 2 is 2.00 bits per heavy atom. The van der Waals surface area contributed by atoms with Crippen LogP contribution in [0, 0.1) is 6.92 Å². The number of azo groups is 1. The molecule has 3 aromatic rings. The Labute approximate surface area is 207 Å². The van der Waals surface area contributed by atoms with Gasteiger partial charge in [-0.3, -0.25) is 0 Å². The van der Waals surface area contributed by atoms with Crippen LogP contribution in [0.15, 0.2) is 52.7 Å². The lowest BCUT2D eigenvalue weighted by Crippen LogP contribution is -2.38. The number of anilines is 1. The van der Waals surface area contributed by atoms with Crippen LogP contribution in [-0.2, 0) is 24.4 Å². The maximum absolute atomic E-state index is 12.5. The van der Waals surface area contributed by atoms with Crippen molar-refractivity contribution in [3.05, 3.63) is 74.2 Å². The first kappa shape index (κ1) is 22.8. The molecule has 0 atom stereocenters. The van der Waals surface area contributed by atoms with Gasteiger partial charge >= 0.3 is 6.09 Å². The monoisotopic (exact) mass is 495 g/mol. The SMILES string of the molecule is Cc1nc(C2CCN(C(=O)OCc3ccc(Cl)cc3)CC2)sc1CNc1ccc2c(c1)N=NC2. The number of ether oxygens (including phenoxy) is 1. The van der Waals surface area contributed by atoms with E-state index in [9.17, 15) is 4.79 Å². The van der Waals surface area contributed by atoms with Crippen molar-refractivity contribution in [3.8, 4) is 0 Å². The molecular formula is C25H26ClN5O2S. The van der Waals surface area contributed by atoms with E-state index >= 15 is 0 Å². The summed E-state index contributed by atoms with van der Waals surface area (Å²) in [6, 6.07) is 13.5. The van der Waals surface area contributed by atoms with Gasteiger partial charge in [0.25, 0.3) is 0 Å². The van der Waals surface area contributed by atoms with Gasteiger partial charge < -0.3 is 15.0 Å². The molecule has 0 bridgehead atoms. The molecule has 5 rings (SSSR count). The van der Waals surface area contributed by atoms with Gasteiger partial charge in [-0.25, -0.2) is 9.78 Å². The molecule has 0 unspecified atom stereocenters. The zero-order valence-electron chi connectivity index (χ0n) is 19.0. The van der Waals surface area contributed by atoms with Crippen LogP contribution in [0.3, 0.4) is 0 Å². The quantitative estimate of drug-likeness (QED) is 0.406. The van der Waals surface area contributed by atoms with E-state index in [4.69, 9.17) is 21.3 Å². The van der Waals surface area contributed by atoms with Crippen LogP contribution in [0.1, 0.15) is 45.5 Å². The van der Waals surface area contributed by atoms with E-state index in [2.05, 4.69) is 34.6 Å². The van der Waals surface area contributed by atoms with E-state index < -0.39 is 0 Å². The molecule has 1 N–H and O–H groups in total. The van der Waals surface area contributed by atoms with Crippen LogP contribution in [0.2, 0.25) is 5.02 Å². The fraction of sp³-hybridized carbons (Fsp3) is 0.360. The van der Waals surface area contributed by atoms with Gasteiger partial charge in [-0.2, -0.15) is 10.2 Å². The number of halogens is 1. The molecule has 0 saturated carbocycles. The van der Waals surface area contributed by atoms with Crippen LogP contribution in [-0.4, -0.2) is 29.1 Å². The fourth-order valence-corrected chi connectivity index (χ4v) is 5.49. The molecule has 2 aliphatic heterocycles. The van der Waals surface area contributed by atoms with Crippen molar-refractivity contribution in [1.82, 2.24) is 9.88 Å². The maximum atomic E-state index is 12.5. The smallest absolute Gasteiger partial charge is 0.410 e. The minimum absolute atomic E-state index is 0.255. The van der Waals surface area contributed by atoms with Gasteiger partial charge in [-0.15, -0.1) is 11.3 Å². The topological polar surface area (TPSA) is 79.2 Å². The summed E-state index contributed by atoms with van der Waals surface area (Å²) < 4.78 is 5.48.